The Morgan fingerprint density at radius 2 is 1.87 bits per heavy atom. The molecule has 0 aliphatic carbocycles. The number of methoxy groups -OCH3 is 1. The molecule has 2 aromatic carbocycles. The van der Waals surface area contributed by atoms with Crippen LogP contribution in [0.15, 0.2) is 70.3 Å². The molecule has 9 heteroatoms. The molecule has 2 aromatic rings. The maximum absolute atomic E-state index is 13.2. The summed E-state index contributed by atoms with van der Waals surface area (Å²) >= 11 is 0. The van der Waals surface area contributed by atoms with E-state index < -0.39 is 41.5 Å². The molecule has 1 fully saturated rings. The molecule has 8 nitrogen and oxygen atoms in total. The number of nitrogens with one attached hydrogen (secondary N) is 1. The molecule has 2 aliphatic heterocycles. The fraction of sp³-hybridized carbons (Fsp3) is 0.318. The maximum Gasteiger partial charge on any atom is 0.411 e. The van der Waals surface area contributed by atoms with Crippen molar-refractivity contribution in [3.05, 3.63) is 76.5 Å². The monoisotopic (exact) mass is 445 g/mol. The van der Waals surface area contributed by atoms with Gasteiger partial charge < -0.3 is 24.1 Å². The van der Waals surface area contributed by atoms with E-state index in [0.29, 0.717) is 4.90 Å². The molecule has 31 heavy (non-hydrogen) atoms. The smallest absolute Gasteiger partial charge is 0.411 e. The minimum atomic E-state index is -1.79. The van der Waals surface area contributed by atoms with Crippen molar-refractivity contribution < 1.29 is 33.1 Å². The molecule has 2 aliphatic rings. The summed E-state index contributed by atoms with van der Waals surface area (Å²) in [6.07, 6.45) is -4.38. The number of aliphatic hydroxyl groups is 1. The average Bonchev–Trinajstić information content (AvgIpc) is 2.81. The first kappa shape index (κ1) is 21.5. The normalized spacial score (nSPS) is 26.4. The lowest BCUT2D eigenvalue weighted by Crippen LogP contribution is -2.55. The topological polar surface area (TPSA) is 103 Å². The van der Waals surface area contributed by atoms with E-state index in [4.69, 9.17) is 14.2 Å². The fourth-order valence-corrected chi connectivity index (χ4v) is 4.57. The van der Waals surface area contributed by atoms with Gasteiger partial charge >= 0.3 is 6.09 Å². The number of carbonyl (C=O) groups is 1. The van der Waals surface area contributed by atoms with Crippen LogP contribution in [0.5, 0.6) is 0 Å². The second-order valence-electron chi connectivity index (χ2n) is 7.18. The van der Waals surface area contributed by atoms with Gasteiger partial charge in [-0.2, -0.15) is 0 Å². The van der Waals surface area contributed by atoms with E-state index in [1.54, 1.807) is 12.1 Å². The predicted molar refractivity (Wildman–Crippen MR) is 111 cm³/mol. The number of ether oxygens (including phenoxy) is 4. The van der Waals surface area contributed by atoms with Crippen molar-refractivity contribution in [2.75, 3.05) is 13.7 Å². The highest BCUT2D eigenvalue weighted by molar-refractivity contribution is 7.88. The number of amides is 1. The van der Waals surface area contributed by atoms with E-state index in [1.807, 2.05) is 49.4 Å². The minimum absolute atomic E-state index is 0.0549. The van der Waals surface area contributed by atoms with Gasteiger partial charge in [0.15, 0.2) is 12.4 Å². The summed E-state index contributed by atoms with van der Waals surface area (Å²) in [6, 6.07) is 16.3. The molecule has 164 valence electrons. The molecule has 5 atom stereocenters. The molecule has 4 rings (SSSR count). The first-order chi connectivity index (χ1) is 15.0. The number of rotatable bonds is 4. The summed E-state index contributed by atoms with van der Waals surface area (Å²) in [7, 11) is -0.595. The zero-order valence-corrected chi connectivity index (χ0v) is 17.8. The number of alkyl carbamates (subject to hydrolysis) is 1. The molecular formula is C22H23NO7S. The Morgan fingerprint density at radius 3 is 2.55 bits per heavy atom. The molecule has 2 heterocycles. The average molecular weight is 445 g/mol. The third-order valence-corrected chi connectivity index (χ3v) is 6.39. The molecule has 1 saturated heterocycles. The standard InChI is InChI=1S/C22H23NO7S/c1-13-8-10-15(11-9-13)31(26)21-17(23-22(25)27-2)18(24)19-16(29-21)12-28-20(30-19)14-6-4-3-5-7-14/h3-11,16,18-20,24H,12H2,1-2H3,(H,23,25)/t16-,18-,19-,20-,31?/m1/s1. The van der Waals surface area contributed by atoms with Crippen LogP contribution in [0.1, 0.15) is 17.4 Å². The van der Waals surface area contributed by atoms with Crippen molar-refractivity contribution in [3.63, 3.8) is 0 Å². The van der Waals surface area contributed by atoms with Crippen LogP contribution < -0.4 is 5.32 Å². The van der Waals surface area contributed by atoms with Gasteiger partial charge in [0.05, 0.1) is 13.7 Å². The van der Waals surface area contributed by atoms with E-state index in [1.165, 1.54) is 7.11 Å². The Labute approximate surface area is 182 Å². The molecule has 0 spiro atoms. The Balaban J connectivity index is 1.66. The second-order valence-corrected chi connectivity index (χ2v) is 8.56. The van der Waals surface area contributed by atoms with Crippen LogP contribution in [0.3, 0.4) is 0 Å². The van der Waals surface area contributed by atoms with Crippen molar-refractivity contribution in [3.8, 4) is 0 Å². The fourth-order valence-electron chi connectivity index (χ4n) is 3.39. The van der Waals surface area contributed by atoms with E-state index in [2.05, 4.69) is 10.1 Å². The number of fused-ring (bicyclic) bond motifs is 1. The van der Waals surface area contributed by atoms with Crippen LogP contribution in [0.25, 0.3) is 0 Å². The molecule has 0 aromatic heterocycles. The van der Waals surface area contributed by atoms with Crippen LogP contribution in [0.2, 0.25) is 0 Å². The Hall–Kier alpha value is -2.72. The van der Waals surface area contributed by atoms with E-state index in [-0.39, 0.29) is 17.4 Å². The molecule has 0 radical (unpaired) electrons. The summed E-state index contributed by atoms with van der Waals surface area (Å²) in [6.45, 7) is 2.03. The number of aliphatic hydroxyl groups excluding tert-OH is 1. The summed E-state index contributed by atoms with van der Waals surface area (Å²) in [5.74, 6) is 0. The van der Waals surface area contributed by atoms with Crippen molar-refractivity contribution >= 4 is 16.9 Å². The van der Waals surface area contributed by atoms with Crippen molar-refractivity contribution in [1.82, 2.24) is 5.32 Å². The van der Waals surface area contributed by atoms with Crippen LogP contribution in [-0.4, -0.2) is 47.4 Å². The highest BCUT2D eigenvalue weighted by atomic mass is 32.2. The summed E-state index contributed by atoms with van der Waals surface area (Å²) in [4.78, 5) is 12.4. The van der Waals surface area contributed by atoms with Crippen LogP contribution in [0, 0.1) is 6.92 Å². The zero-order chi connectivity index (χ0) is 22.0. The predicted octanol–water partition coefficient (Wildman–Crippen LogP) is 2.50. The molecule has 1 unspecified atom stereocenters. The number of benzene rings is 2. The third kappa shape index (κ3) is 4.49. The van der Waals surface area contributed by atoms with Gasteiger partial charge in [-0.15, -0.1) is 0 Å². The first-order valence-electron chi connectivity index (χ1n) is 9.72. The highest BCUT2D eigenvalue weighted by Crippen LogP contribution is 2.36. The lowest BCUT2D eigenvalue weighted by atomic mass is 10.0. The third-order valence-electron chi connectivity index (χ3n) is 5.04. The van der Waals surface area contributed by atoms with Crippen LogP contribution in [0.4, 0.5) is 4.79 Å². The van der Waals surface area contributed by atoms with Crippen LogP contribution >= 0.6 is 0 Å². The van der Waals surface area contributed by atoms with Gasteiger partial charge in [-0.25, -0.2) is 9.00 Å². The van der Waals surface area contributed by atoms with E-state index in [9.17, 15) is 14.1 Å². The maximum atomic E-state index is 13.2. The van der Waals surface area contributed by atoms with Gasteiger partial charge in [0.1, 0.15) is 28.7 Å². The summed E-state index contributed by atoms with van der Waals surface area (Å²) < 4.78 is 35.6. The number of carbonyl (C=O) groups excluding carboxylic acids is 1. The lowest BCUT2D eigenvalue weighted by Gasteiger charge is -2.42. The SMILES string of the molecule is COC(=O)NC1=C(S(=O)c2ccc(C)cc2)O[C@@H]2CO[C@@H](c3ccccc3)O[C@H]2[C@@H]1O. The molecule has 1 amide bonds. The quantitative estimate of drug-likeness (QED) is 0.745. The van der Waals surface area contributed by atoms with E-state index in [0.717, 1.165) is 11.1 Å². The molecule has 0 bridgehead atoms. The number of aryl methyl sites for hydroxylation is 1. The molecule has 0 saturated carbocycles. The van der Waals surface area contributed by atoms with Gasteiger partial charge in [-0.05, 0) is 19.1 Å². The Bertz CT molecular complexity index is 993. The Morgan fingerprint density at radius 1 is 1.16 bits per heavy atom. The van der Waals surface area contributed by atoms with Gasteiger partial charge in [0, 0.05) is 10.5 Å². The van der Waals surface area contributed by atoms with Gasteiger partial charge in [0.25, 0.3) is 0 Å². The van der Waals surface area contributed by atoms with Crippen molar-refractivity contribution in [1.29, 1.82) is 0 Å². The van der Waals surface area contributed by atoms with Gasteiger partial charge in [-0.3, -0.25) is 5.32 Å². The Kier molecular flexibility index (Phi) is 6.38. The molecule has 2 N–H and O–H groups in total. The molecular weight excluding hydrogens is 422 g/mol. The van der Waals surface area contributed by atoms with Gasteiger partial charge in [-0.1, -0.05) is 48.0 Å². The first-order valence-corrected chi connectivity index (χ1v) is 10.9. The van der Waals surface area contributed by atoms with Crippen molar-refractivity contribution in [2.24, 2.45) is 0 Å². The lowest BCUT2D eigenvalue weighted by molar-refractivity contribution is -0.279. The summed E-state index contributed by atoms with van der Waals surface area (Å²) in [5.41, 5.74) is 1.74. The second kappa shape index (κ2) is 9.19. The number of hydrogen-bond donors (Lipinski definition) is 2. The summed E-state index contributed by atoms with van der Waals surface area (Å²) in [5, 5.41) is 13.4. The minimum Gasteiger partial charge on any atom is -0.475 e. The van der Waals surface area contributed by atoms with Gasteiger partial charge in [0.2, 0.25) is 5.09 Å². The largest absolute Gasteiger partial charge is 0.475 e. The van der Waals surface area contributed by atoms with Crippen LogP contribution in [-0.2, 0) is 29.7 Å². The number of hydrogen-bond acceptors (Lipinski definition) is 7. The van der Waals surface area contributed by atoms with E-state index >= 15 is 0 Å². The zero-order valence-electron chi connectivity index (χ0n) is 17.0. The van der Waals surface area contributed by atoms with Crippen molar-refractivity contribution in [2.45, 2.75) is 36.4 Å². The highest BCUT2D eigenvalue weighted by Gasteiger charge is 2.47.